The molecule has 0 unspecified atom stereocenters. The van der Waals surface area contributed by atoms with Crippen molar-refractivity contribution in [3.8, 4) is 0 Å². The van der Waals surface area contributed by atoms with Crippen LogP contribution >= 0.6 is 0 Å². The monoisotopic (exact) mass is 302 g/mol. The number of hydrogen-bond acceptors (Lipinski definition) is 4. The zero-order chi connectivity index (χ0) is 15.2. The van der Waals surface area contributed by atoms with E-state index in [0.717, 1.165) is 19.3 Å². The molecular formula is C14H26N2O3S. The zero-order valence-corrected chi connectivity index (χ0v) is 13.7. The minimum atomic E-state index is -3.50. The standard InChI is InChI=1S/C14H26N2O3S/c1-5-6-7-10-16(4)20(17,18)14-9-8-13(19-14)11-15-12(2)3/h8-9,12,15H,5-7,10-11H2,1-4H3. The smallest absolute Gasteiger partial charge is 0.276 e. The third-order valence-electron chi connectivity index (χ3n) is 3.06. The third-order valence-corrected chi connectivity index (χ3v) is 4.79. The Morgan fingerprint density at radius 2 is 2.00 bits per heavy atom. The van der Waals surface area contributed by atoms with Crippen molar-refractivity contribution in [1.82, 2.24) is 9.62 Å². The van der Waals surface area contributed by atoms with E-state index in [2.05, 4.69) is 12.2 Å². The summed E-state index contributed by atoms with van der Waals surface area (Å²) in [5, 5.41) is 3.22. The molecule has 0 atom stereocenters. The number of nitrogens with one attached hydrogen (secondary N) is 1. The van der Waals surface area contributed by atoms with Gasteiger partial charge < -0.3 is 9.73 Å². The Hall–Kier alpha value is -0.850. The van der Waals surface area contributed by atoms with Gasteiger partial charge in [-0.05, 0) is 18.6 Å². The summed E-state index contributed by atoms with van der Waals surface area (Å²) in [5.41, 5.74) is 0. The highest BCUT2D eigenvalue weighted by atomic mass is 32.2. The van der Waals surface area contributed by atoms with E-state index in [1.165, 1.54) is 10.4 Å². The first-order chi connectivity index (χ1) is 9.37. The molecule has 0 amide bonds. The molecule has 0 aliphatic heterocycles. The molecule has 0 spiro atoms. The van der Waals surface area contributed by atoms with Crippen molar-refractivity contribution in [2.75, 3.05) is 13.6 Å². The number of rotatable bonds is 9. The van der Waals surface area contributed by atoms with Gasteiger partial charge in [0.25, 0.3) is 10.0 Å². The first-order valence-corrected chi connectivity index (χ1v) is 8.60. The largest absolute Gasteiger partial charge is 0.447 e. The Kier molecular flexibility index (Phi) is 6.71. The van der Waals surface area contributed by atoms with E-state index >= 15 is 0 Å². The van der Waals surface area contributed by atoms with Crippen LogP contribution in [-0.4, -0.2) is 32.4 Å². The van der Waals surface area contributed by atoms with Crippen LogP contribution in [0.1, 0.15) is 45.8 Å². The van der Waals surface area contributed by atoms with E-state index in [1.807, 2.05) is 13.8 Å². The average molecular weight is 302 g/mol. The van der Waals surface area contributed by atoms with Crippen molar-refractivity contribution in [1.29, 1.82) is 0 Å². The molecule has 1 rings (SSSR count). The quantitative estimate of drug-likeness (QED) is 0.712. The van der Waals surface area contributed by atoms with E-state index in [0.29, 0.717) is 24.9 Å². The van der Waals surface area contributed by atoms with Crippen LogP contribution in [0.4, 0.5) is 0 Å². The predicted molar refractivity (Wildman–Crippen MR) is 80.0 cm³/mol. The maximum absolute atomic E-state index is 12.3. The molecule has 0 aromatic carbocycles. The Morgan fingerprint density at radius 3 is 2.60 bits per heavy atom. The summed E-state index contributed by atoms with van der Waals surface area (Å²) in [5.74, 6) is 0.638. The molecule has 1 aromatic rings. The molecule has 0 fully saturated rings. The number of unbranched alkanes of at least 4 members (excludes halogenated alkanes) is 2. The minimum Gasteiger partial charge on any atom is -0.447 e. The van der Waals surface area contributed by atoms with Crippen molar-refractivity contribution in [3.63, 3.8) is 0 Å². The summed E-state index contributed by atoms with van der Waals surface area (Å²) in [6.07, 6.45) is 2.97. The number of nitrogens with zero attached hydrogens (tertiary/aromatic N) is 1. The summed E-state index contributed by atoms with van der Waals surface area (Å²) in [6, 6.07) is 3.57. The second kappa shape index (κ2) is 7.81. The first-order valence-electron chi connectivity index (χ1n) is 7.16. The lowest BCUT2D eigenvalue weighted by Crippen LogP contribution is -2.27. The highest BCUT2D eigenvalue weighted by Gasteiger charge is 2.24. The van der Waals surface area contributed by atoms with Gasteiger partial charge in [0, 0.05) is 19.6 Å². The molecular weight excluding hydrogens is 276 g/mol. The van der Waals surface area contributed by atoms with Crippen LogP contribution in [0.25, 0.3) is 0 Å². The molecule has 0 bridgehead atoms. The molecule has 5 nitrogen and oxygen atoms in total. The van der Waals surface area contributed by atoms with Gasteiger partial charge in [0.2, 0.25) is 5.09 Å². The molecule has 0 saturated heterocycles. The second-order valence-corrected chi connectivity index (χ2v) is 7.27. The van der Waals surface area contributed by atoms with Crippen molar-refractivity contribution in [3.05, 3.63) is 17.9 Å². The van der Waals surface area contributed by atoms with Crippen LogP contribution in [0.5, 0.6) is 0 Å². The van der Waals surface area contributed by atoms with E-state index in [9.17, 15) is 8.42 Å². The van der Waals surface area contributed by atoms with Crippen molar-refractivity contribution in [2.45, 2.75) is 57.7 Å². The molecule has 1 N–H and O–H groups in total. The molecule has 0 radical (unpaired) electrons. The van der Waals surface area contributed by atoms with Crippen molar-refractivity contribution < 1.29 is 12.8 Å². The summed E-state index contributed by atoms with van der Waals surface area (Å²) in [6.45, 7) is 7.21. The van der Waals surface area contributed by atoms with Gasteiger partial charge in [-0.2, -0.15) is 4.31 Å². The normalized spacial score (nSPS) is 12.5. The molecule has 116 valence electrons. The van der Waals surface area contributed by atoms with Gasteiger partial charge in [-0.1, -0.05) is 33.6 Å². The van der Waals surface area contributed by atoms with Gasteiger partial charge >= 0.3 is 0 Å². The second-order valence-electron chi connectivity index (χ2n) is 5.29. The lowest BCUT2D eigenvalue weighted by molar-refractivity contribution is 0.374. The van der Waals surface area contributed by atoms with E-state index in [1.54, 1.807) is 13.1 Å². The highest BCUT2D eigenvalue weighted by molar-refractivity contribution is 7.89. The molecule has 0 aliphatic carbocycles. The lowest BCUT2D eigenvalue weighted by atomic mass is 10.2. The maximum Gasteiger partial charge on any atom is 0.276 e. The summed E-state index contributed by atoms with van der Waals surface area (Å²) in [4.78, 5) is 0. The van der Waals surface area contributed by atoms with Gasteiger partial charge in [0.1, 0.15) is 5.76 Å². The predicted octanol–water partition coefficient (Wildman–Crippen LogP) is 2.59. The van der Waals surface area contributed by atoms with E-state index in [4.69, 9.17) is 4.42 Å². The molecule has 0 saturated carbocycles. The fraction of sp³-hybridized carbons (Fsp3) is 0.714. The van der Waals surface area contributed by atoms with Crippen LogP contribution in [0.3, 0.4) is 0 Å². The van der Waals surface area contributed by atoms with Gasteiger partial charge in [0.15, 0.2) is 0 Å². The van der Waals surface area contributed by atoms with Gasteiger partial charge in [-0.15, -0.1) is 0 Å². The van der Waals surface area contributed by atoms with Crippen LogP contribution in [0.2, 0.25) is 0 Å². The van der Waals surface area contributed by atoms with E-state index in [-0.39, 0.29) is 5.09 Å². The Labute approximate surface area is 122 Å². The molecule has 1 aromatic heterocycles. The zero-order valence-electron chi connectivity index (χ0n) is 12.8. The molecule has 20 heavy (non-hydrogen) atoms. The Balaban J connectivity index is 2.67. The van der Waals surface area contributed by atoms with Crippen LogP contribution in [0.15, 0.2) is 21.6 Å². The van der Waals surface area contributed by atoms with Gasteiger partial charge in [-0.25, -0.2) is 8.42 Å². The minimum absolute atomic E-state index is 0.0251. The lowest BCUT2D eigenvalue weighted by Gasteiger charge is -2.15. The van der Waals surface area contributed by atoms with Crippen molar-refractivity contribution >= 4 is 10.0 Å². The van der Waals surface area contributed by atoms with Crippen LogP contribution < -0.4 is 5.32 Å². The number of hydrogen-bond donors (Lipinski definition) is 1. The van der Waals surface area contributed by atoms with Crippen LogP contribution in [-0.2, 0) is 16.6 Å². The van der Waals surface area contributed by atoms with Crippen molar-refractivity contribution in [2.24, 2.45) is 0 Å². The molecule has 6 heteroatoms. The maximum atomic E-state index is 12.3. The Bertz CT molecular complexity index is 494. The fourth-order valence-electron chi connectivity index (χ4n) is 1.75. The summed E-state index contributed by atoms with van der Waals surface area (Å²) in [7, 11) is -1.90. The third kappa shape index (κ3) is 4.92. The molecule has 1 heterocycles. The Morgan fingerprint density at radius 1 is 1.30 bits per heavy atom. The number of sulfonamides is 1. The number of furan rings is 1. The fourth-order valence-corrected chi connectivity index (χ4v) is 2.88. The van der Waals surface area contributed by atoms with Crippen LogP contribution in [0, 0.1) is 0 Å². The van der Waals surface area contributed by atoms with Gasteiger partial charge in [-0.3, -0.25) is 0 Å². The average Bonchev–Trinajstić information content (AvgIpc) is 2.86. The highest BCUT2D eigenvalue weighted by Crippen LogP contribution is 2.18. The van der Waals surface area contributed by atoms with Gasteiger partial charge in [0.05, 0.1) is 6.54 Å². The van der Waals surface area contributed by atoms with E-state index < -0.39 is 10.0 Å². The SMILES string of the molecule is CCCCCN(C)S(=O)(=O)c1ccc(CNC(C)C)o1. The summed E-state index contributed by atoms with van der Waals surface area (Å²) < 4.78 is 31.4. The summed E-state index contributed by atoms with van der Waals surface area (Å²) >= 11 is 0. The topological polar surface area (TPSA) is 62.6 Å². The molecule has 0 aliphatic rings. The first kappa shape index (κ1) is 17.2.